The zero-order valence-electron chi connectivity index (χ0n) is 15.7. The van der Waals surface area contributed by atoms with Crippen LogP contribution < -0.4 is 5.73 Å². The predicted octanol–water partition coefficient (Wildman–Crippen LogP) is 1.42. The van der Waals surface area contributed by atoms with E-state index >= 15 is 0 Å². The van der Waals surface area contributed by atoms with Crippen LogP contribution >= 0.6 is 0 Å². The van der Waals surface area contributed by atoms with Gasteiger partial charge in [-0.25, -0.2) is 4.98 Å². The molecule has 0 aromatic carbocycles. The quantitative estimate of drug-likeness (QED) is 0.874. The zero-order chi connectivity index (χ0) is 18.7. The molecule has 2 aromatic rings. The molecule has 1 saturated heterocycles. The van der Waals surface area contributed by atoms with E-state index in [1.807, 2.05) is 42.6 Å². The fraction of sp³-hybridized carbons (Fsp3) is 0.526. The molecular weight excluding hydrogens is 330 g/mol. The van der Waals surface area contributed by atoms with E-state index in [4.69, 9.17) is 10.5 Å². The molecular formula is C19H27N5O2. The first-order valence-electron chi connectivity index (χ1n) is 9.03. The molecule has 1 atom stereocenters. The molecule has 0 aliphatic carbocycles. The number of aromatic nitrogens is 3. The third kappa shape index (κ3) is 4.22. The molecule has 0 bridgehead atoms. The lowest BCUT2D eigenvalue weighted by Crippen LogP contribution is -2.46. The Balaban J connectivity index is 1.56. The number of nitrogens with zero attached hydrogens (tertiary/aromatic N) is 4. The van der Waals surface area contributed by atoms with Crippen LogP contribution in [0.3, 0.4) is 0 Å². The summed E-state index contributed by atoms with van der Waals surface area (Å²) in [5.41, 5.74) is 9.89. The Hall–Kier alpha value is -2.41. The van der Waals surface area contributed by atoms with Crippen LogP contribution in [0, 0.1) is 13.8 Å². The van der Waals surface area contributed by atoms with Crippen molar-refractivity contribution < 1.29 is 9.53 Å². The van der Waals surface area contributed by atoms with Gasteiger partial charge in [-0.2, -0.15) is 5.10 Å². The maximum absolute atomic E-state index is 12.8. The lowest BCUT2D eigenvalue weighted by atomic mass is 10.1. The number of aryl methyl sites for hydroxylation is 3. The van der Waals surface area contributed by atoms with E-state index in [0.717, 1.165) is 35.4 Å². The Labute approximate surface area is 154 Å². The third-order valence-corrected chi connectivity index (χ3v) is 5.08. The minimum absolute atomic E-state index is 0.0539. The third-order valence-electron chi connectivity index (χ3n) is 5.08. The topological polar surface area (TPSA) is 86.3 Å². The summed E-state index contributed by atoms with van der Waals surface area (Å²) >= 11 is 0. The Morgan fingerprint density at radius 3 is 2.92 bits per heavy atom. The maximum Gasteiger partial charge on any atom is 0.227 e. The van der Waals surface area contributed by atoms with E-state index in [9.17, 15) is 4.79 Å². The van der Waals surface area contributed by atoms with Crippen LogP contribution in [-0.2, 0) is 29.4 Å². The van der Waals surface area contributed by atoms with Crippen molar-refractivity contribution in [2.45, 2.75) is 39.2 Å². The Morgan fingerprint density at radius 1 is 1.42 bits per heavy atom. The van der Waals surface area contributed by atoms with Gasteiger partial charge in [-0.1, -0.05) is 0 Å². The number of hydrogen-bond acceptors (Lipinski definition) is 5. The van der Waals surface area contributed by atoms with Crippen LogP contribution in [0.2, 0.25) is 0 Å². The van der Waals surface area contributed by atoms with Gasteiger partial charge in [0.1, 0.15) is 5.82 Å². The summed E-state index contributed by atoms with van der Waals surface area (Å²) < 4.78 is 7.69. The smallest absolute Gasteiger partial charge is 0.227 e. The van der Waals surface area contributed by atoms with E-state index < -0.39 is 0 Å². The van der Waals surface area contributed by atoms with Crippen molar-refractivity contribution in [1.82, 2.24) is 19.7 Å². The van der Waals surface area contributed by atoms with Crippen LogP contribution in [0.5, 0.6) is 0 Å². The predicted molar refractivity (Wildman–Crippen MR) is 99.7 cm³/mol. The van der Waals surface area contributed by atoms with Gasteiger partial charge in [0.2, 0.25) is 5.91 Å². The molecule has 0 radical (unpaired) electrons. The molecule has 1 aliphatic heterocycles. The number of hydrogen-bond donors (Lipinski definition) is 1. The molecule has 7 nitrogen and oxygen atoms in total. The highest BCUT2D eigenvalue weighted by atomic mass is 16.5. The van der Waals surface area contributed by atoms with E-state index in [0.29, 0.717) is 31.9 Å². The largest absolute Gasteiger partial charge is 0.384 e. The number of nitrogens with two attached hydrogens (primary N) is 1. The first-order chi connectivity index (χ1) is 12.4. The molecule has 3 heterocycles. The molecule has 0 saturated carbocycles. The van der Waals surface area contributed by atoms with Gasteiger partial charge >= 0.3 is 0 Å². The number of carbonyl (C=O) groups excluding carboxylic acids is 1. The number of ether oxygens (including phenoxy) is 1. The minimum atomic E-state index is 0.0539. The van der Waals surface area contributed by atoms with Crippen molar-refractivity contribution in [3.05, 3.63) is 40.8 Å². The minimum Gasteiger partial charge on any atom is -0.384 e. The first kappa shape index (κ1) is 18.4. The number of nitrogen functional groups attached to an aromatic ring is 1. The summed E-state index contributed by atoms with van der Waals surface area (Å²) in [7, 11) is 1.91. The zero-order valence-corrected chi connectivity index (χ0v) is 15.7. The second-order valence-electron chi connectivity index (χ2n) is 6.91. The van der Waals surface area contributed by atoms with E-state index in [-0.39, 0.29) is 12.0 Å². The lowest BCUT2D eigenvalue weighted by molar-refractivity contribution is -0.138. The average molecular weight is 357 g/mol. The van der Waals surface area contributed by atoms with Crippen LogP contribution in [-0.4, -0.2) is 51.4 Å². The molecule has 7 heteroatoms. The van der Waals surface area contributed by atoms with Crippen molar-refractivity contribution in [2.75, 3.05) is 25.4 Å². The fourth-order valence-corrected chi connectivity index (χ4v) is 3.43. The Kier molecular flexibility index (Phi) is 5.56. The SMILES string of the molecule is Cc1nn(C)c(C)c1CC(=O)N1CCOC(CCc2ccnc(N)c2)C1. The van der Waals surface area contributed by atoms with E-state index in [1.54, 1.807) is 6.20 Å². The number of pyridine rings is 1. The molecule has 26 heavy (non-hydrogen) atoms. The van der Waals surface area contributed by atoms with Crippen molar-refractivity contribution in [3.8, 4) is 0 Å². The molecule has 1 unspecified atom stereocenters. The van der Waals surface area contributed by atoms with Gasteiger partial charge in [0.15, 0.2) is 0 Å². The molecule has 0 spiro atoms. The lowest BCUT2D eigenvalue weighted by Gasteiger charge is -2.33. The van der Waals surface area contributed by atoms with Crippen molar-refractivity contribution in [1.29, 1.82) is 0 Å². The van der Waals surface area contributed by atoms with E-state index in [1.165, 1.54) is 0 Å². The Bertz CT molecular complexity index is 786. The van der Waals surface area contributed by atoms with Crippen molar-refractivity contribution in [2.24, 2.45) is 7.05 Å². The molecule has 1 amide bonds. The maximum atomic E-state index is 12.8. The summed E-state index contributed by atoms with van der Waals surface area (Å²) in [5.74, 6) is 0.678. The van der Waals surface area contributed by atoms with Crippen molar-refractivity contribution >= 4 is 11.7 Å². The van der Waals surface area contributed by atoms with Gasteiger partial charge in [-0.3, -0.25) is 9.48 Å². The van der Waals surface area contributed by atoms with Crippen LogP contribution in [0.25, 0.3) is 0 Å². The van der Waals surface area contributed by atoms with Gasteiger partial charge in [-0.05, 0) is 44.4 Å². The number of rotatable bonds is 5. The highest BCUT2D eigenvalue weighted by Gasteiger charge is 2.25. The highest BCUT2D eigenvalue weighted by molar-refractivity contribution is 5.79. The number of carbonyl (C=O) groups is 1. The number of anilines is 1. The fourth-order valence-electron chi connectivity index (χ4n) is 3.43. The molecule has 2 N–H and O–H groups in total. The molecule has 140 valence electrons. The molecule has 3 rings (SSSR count). The highest BCUT2D eigenvalue weighted by Crippen LogP contribution is 2.17. The summed E-state index contributed by atoms with van der Waals surface area (Å²) in [6.07, 6.45) is 3.90. The van der Waals surface area contributed by atoms with Gasteiger partial charge in [0.25, 0.3) is 0 Å². The van der Waals surface area contributed by atoms with Gasteiger partial charge in [0, 0.05) is 37.6 Å². The molecule has 2 aromatic heterocycles. The summed E-state index contributed by atoms with van der Waals surface area (Å²) in [6.45, 7) is 5.83. The second kappa shape index (κ2) is 7.86. The second-order valence-corrected chi connectivity index (χ2v) is 6.91. The van der Waals surface area contributed by atoms with Crippen LogP contribution in [0.1, 0.15) is 28.9 Å². The normalized spacial score (nSPS) is 17.5. The number of amides is 1. The van der Waals surface area contributed by atoms with Crippen molar-refractivity contribution in [3.63, 3.8) is 0 Å². The Morgan fingerprint density at radius 2 is 2.23 bits per heavy atom. The van der Waals surface area contributed by atoms with Gasteiger partial charge in [-0.15, -0.1) is 0 Å². The van der Waals surface area contributed by atoms with Gasteiger partial charge in [0.05, 0.1) is 24.8 Å². The standard InChI is InChI=1S/C19H27N5O2/c1-13-17(14(2)23(3)22-13)11-19(25)24-8-9-26-16(12-24)5-4-15-6-7-21-18(20)10-15/h6-7,10,16H,4-5,8-9,11-12H2,1-3H3,(H2,20,21). The van der Waals surface area contributed by atoms with E-state index in [2.05, 4.69) is 10.1 Å². The van der Waals surface area contributed by atoms with Gasteiger partial charge < -0.3 is 15.4 Å². The number of morpholine rings is 1. The van der Waals surface area contributed by atoms with Crippen LogP contribution in [0.4, 0.5) is 5.82 Å². The first-order valence-corrected chi connectivity index (χ1v) is 9.03. The summed E-state index contributed by atoms with van der Waals surface area (Å²) in [6, 6.07) is 3.86. The monoisotopic (exact) mass is 357 g/mol. The average Bonchev–Trinajstić information content (AvgIpc) is 2.86. The summed E-state index contributed by atoms with van der Waals surface area (Å²) in [5, 5.41) is 4.40. The molecule has 1 fully saturated rings. The molecule has 1 aliphatic rings. The summed E-state index contributed by atoms with van der Waals surface area (Å²) in [4.78, 5) is 18.7. The van der Waals surface area contributed by atoms with Crippen LogP contribution in [0.15, 0.2) is 18.3 Å².